The molecule has 3 aromatic rings. The number of carbonyl (C=O) groups is 1. The minimum absolute atomic E-state index is 0.129. The van der Waals surface area contributed by atoms with Gasteiger partial charge in [0.15, 0.2) is 0 Å². The molecule has 1 aromatic carbocycles. The van der Waals surface area contributed by atoms with Crippen LogP contribution < -0.4 is 4.90 Å². The Balaban J connectivity index is 1.27. The van der Waals surface area contributed by atoms with Gasteiger partial charge in [-0.15, -0.1) is 0 Å². The first-order chi connectivity index (χ1) is 13.3. The molecule has 4 rings (SSSR count). The van der Waals surface area contributed by atoms with Crippen molar-refractivity contribution in [3.63, 3.8) is 0 Å². The van der Waals surface area contributed by atoms with E-state index >= 15 is 0 Å². The molecule has 0 N–H and O–H groups in total. The number of benzene rings is 1. The summed E-state index contributed by atoms with van der Waals surface area (Å²) < 4.78 is 5.26. The molecule has 0 bridgehead atoms. The lowest BCUT2D eigenvalue weighted by Crippen LogP contribution is -2.48. The van der Waals surface area contributed by atoms with E-state index in [9.17, 15) is 4.79 Å². The summed E-state index contributed by atoms with van der Waals surface area (Å²) in [4.78, 5) is 25.1. The van der Waals surface area contributed by atoms with Crippen LogP contribution in [0.1, 0.15) is 12.3 Å². The molecule has 0 radical (unpaired) electrons. The van der Waals surface area contributed by atoms with Crippen molar-refractivity contribution < 1.29 is 9.32 Å². The van der Waals surface area contributed by atoms with Crippen LogP contribution in [0, 0.1) is 0 Å². The number of nitrogens with zero attached hydrogens (tertiary/aromatic N) is 5. The van der Waals surface area contributed by atoms with E-state index < -0.39 is 0 Å². The van der Waals surface area contributed by atoms with E-state index in [1.54, 1.807) is 12.4 Å². The van der Waals surface area contributed by atoms with Crippen molar-refractivity contribution in [2.24, 2.45) is 0 Å². The minimum Gasteiger partial charge on any atom is -0.368 e. The van der Waals surface area contributed by atoms with E-state index in [0.717, 1.165) is 31.7 Å². The molecule has 1 amide bonds. The Hall–Kier alpha value is -3.22. The van der Waals surface area contributed by atoms with E-state index in [1.165, 1.54) is 5.69 Å². The molecular formula is C20H21N5O2. The van der Waals surface area contributed by atoms with Crippen LogP contribution >= 0.6 is 0 Å². The van der Waals surface area contributed by atoms with Crippen molar-refractivity contribution in [2.75, 3.05) is 31.1 Å². The topological polar surface area (TPSA) is 75.4 Å². The second-order valence-corrected chi connectivity index (χ2v) is 6.46. The second-order valence-electron chi connectivity index (χ2n) is 6.46. The van der Waals surface area contributed by atoms with Crippen LogP contribution in [0.4, 0.5) is 5.69 Å². The number of hydrogen-bond acceptors (Lipinski definition) is 6. The summed E-state index contributed by atoms with van der Waals surface area (Å²) in [6.07, 6.45) is 4.21. The minimum atomic E-state index is 0.129. The quantitative estimate of drug-likeness (QED) is 0.693. The molecule has 1 fully saturated rings. The molecule has 0 aliphatic carbocycles. The monoisotopic (exact) mass is 363 g/mol. The van der Waals surface area contributed by atoms with Gasteiger partial charge in [-0.1, -0.05) is 23.4 Å². The van der Waals surface area contributed by atoms with E-state index in [-0.39, 0.29) is 5.91 Å². The molecule has 27 heavy (non-hydrogen) atoms. The van der Waals surface area contributed by atoms with Crippen LogP contribution in [0.3, 0.4) is 0 Å². The van der Waals surface area contributed by atoms with E-state index in [0.29, 0.717) is 24.6 Å². The SMILES string of the molecule is O=C(CCc1nc(-c2cccnc2)no1)N1CCN(c2ccccc2)CC1. The number of carbonyl (C=O) groups excluding carboxylic acids is 1. The van der Waals surface area contributed by atoms with Gasteiger partial charge in [0, 0.05) is 62.7 Å². The van der Waals surface area contributed by atoms with E-state index in [4.69, 9.17) is 4.52 Å². The maximum Gasteiger partial charge on any atom is 0.227 e. The zero-order valence-electron chi connectivity index (χ0n) is 15.0. The predicted octanol–water partition coefficient (Wildman–Crippen LogP) is 2.41. The fourth-order valence-electron chi connectivity index (χ4n) is 3.19. The van der Waals surface area contributed by atoms with E-state index in [1.807, 2.05) is 35.2 Å². The molecule has 1 aliphatic heterocycles. The van der Waals surface area contributed by atoms with Gasteiger partial charge in [-0.25, -0.2) is 0 Å². The molecule has 3 heterocycles. The summed E-state index contributed by atoms with van der Waals surface area (Å²) in [6.45, 7) is 3.17. The molecule has 7 heteroatoms. The fraction of sp³-hybridized carbons (Fsp3) is 0.300. The van der Waals surface area contributed by atoms with Gasteiger partial charge in [0.25, 0.3) is 0 Å². The first kappa shape index (κ1) is 17.2. The lowest BCUT2D eigenvalue weighted by Gasteiger charge is -2.36. The first-order valence-electron chi connectivity index (χ1n) is 9.10. The van der Waals surface area contributed by atoms with Crippen molar-refractivity contribution in [1.29, 1.82) is 0 Å². The van der Waals surface area contributed by atoms with Gasteiger partial charge in [0.05, 0.1) is 0 Å². The van der Waals surface area contributed by atoms with Crippen molar-refractivity contribution in [3.05, 3.63) is 60.7 Å². The molecule has 0 unspecified atom stereocenters. The normalized spacial score (nSPS) is 14.4. The molecule has 7 nitrogen and oxygen atoms in total. The number of pyridine rings is 1. The summed E-state index contributed by atoms with van der Waals surface area (Å²) in [5.41, 5.74) is 2.01. The molecule has 1 saturated heterocycles. The smallest absolute Gasteiger partial charge is 0.227 e. The highest BCUT2D eigenvalue weighted by Gasteiger charge is 2.21. The van der Waals surface area contributed by atoms with Crippen LogP contribution in [0.15, 0.2) is 59.4 Å². The number of aromatic nitrogens is 3. The Morgan fingerprint density at radius 1 is 1.04 bits per heavy atom. The van der Waals surface area contributed by atoms with Crippen LogP contribution in [0.2, 0.25) is 0 Å². The Morgan fingerprint density at radius 2 is 1.85 bits per heavy atom. The van der Waals surface area contributed by atoms with Gasteiger partial charge >= 0.3 is 0 Å². The number of para-hydroxylation sites is 1. The van der Waals surface area contributed by atoms with Crippen molar-refractivity contribution >= 4 is 11.6 Å². The average Bonchev–Trinajstić information content (AvgIpc) is 3.22. The third kappa shape index (κ3) is 4.13. The maximum absolute atomic E-state index is 12.5. The number of rotatable bonds is 5. The summed E-state index contributed by atoms with van der Waals surface area (Å²) in [6, 6.07) is 14.0. The first-order valence-corrected chi connectivity index (χ1v) is 9.10. The average molecular weight is 363 g/mol. The third-order valence-corrected chi connectivity index (χ3v) is 4.69. The predicted molar refractivity (Wildman–Crippen MR) is 101 cm³/mol. The zero-order valence-corrected chi connectivity index (χ0v) is 15.0. The van der Waals surface area contributed by atoms with Crippen LogP contribution in [-0.4, -0.2) is 52.1 Å². The molecule has 0 spiro atoms. The van der Waals surface area contributed by atoms with Gasteiger partial charge in [-0.3, -0.25) is 9.78 Å². The molecule has 0 saturated carbocycles. The van der Waals surface area contributed by atoms with Crippen LogP contribution in [0.25, 0.3) is 11.4 Å². The Bertz CT molecular complexity index is 874. The Morgan fingerprint density at radius 3 is 2.59 bits per heavy atom. The maximum atomic E-state index is 12.5. The zero-order chi connectivity index (χ0) is 18.5. The largest absolute Gasteiger partial charge is 0.368 e. The van der Waals surface area contributed by atoms with Gasteiger partial charge < -0.3 is 14.3 Å². The highest BCUT2D eigenvalue weighted by Crippen LogP contribution is 2.17. The highest BCUT2D eigenvalue weighted by molar-refractivity contribution is 5.76. The van der Waals surface area contributed by atoms with E-state index in [2.05, 4.69) is 32.2 Å². The molecule has 0 atom stereocenters. The lowest BCUT2D eigenvalue weighted by molar-refractivity contribution is -0.131. The second kappa shape index (κ2) is 7.99. The molecule has 1 aliphatic rings. The van der Waals surface area contributed by atoms with Gasteiger partial charge in [-0.05, 0) is 24.3 Å². The van der Waals surface area contributed by atoms with Crippen LogP contribution in [-0.2, 0) is 11.2 Å². The number of piperazine rings is 1. The number of anilines is 1. The molecular weight excluding hydrogens is 342 g/mol. The number of aryl methyl sites for hydroxylation is 1. The standard InChI is InChI=1S/C20H21N5O2/c26-19(25-13-11-24(12-14-25)17-6-2-1-3-7-17)9-8-18-22-20(23-27-18)16-5-4-10-21-15-16/h1-7,10,15H,8-9,11-14H2. The molecule has 2 aromatic heterocycles. The van der Waals surface area contributed by atoms with Crippen molar-refractivity contribution in [3.8, 4) is 11.4 Å². The number of hydrogen-bond donors (Lipinski definition) is 0. The fourth-order valence-corrected chi connectivity index (χ4v) is 3.19. The summed E-state index contributed by atoms with van der Waals surface area (Å²) in [7, 11) is 0. The van der Waals surface area contributed by atoms with Crippen molar-refractivity contribution in [1.82, 2.24) is 20.0 Å². The Kier molecular flexibility index (Phi) is 5.09. The molecule has 138 valence electrons. The number of amides is 1. The summed E-state index contributed by atoms with van der Waals surface area (Å²) in [5, 5.41) is 3.96. The van der Waals surface area contributed by atoms with Crippen molar-refractivity contribution in [2.45, 2.75) is 12.8 Å². The summed E-state index contributed by atoms with van der Waals surface area (Å²) >= 11 is 0. The Labute approximate surface area is 157 Å². The third-order valence-electron chi connectivity index (χ3n) is 4.69. The van der Waals surface area contributed by atoms with Crippen LogP contribution in [0.5, 0.6) is 0 Å². The van der Waals surface area contributed by atoms with Gasteiger partial charge in [0.2, 0.25) is 17.6 Å². The highest BCUT2D eigenvalue weighted by atomic mass is 16.5. The van der Waals surface area contributed by atoms with Gasteiger partial charge in [-0.2, -0.15) is 4.98 Å². The lowest BCUT2D eigenvalue weighted by atomic mass is 10.2. The van der Waals surface area contributed by atoms with Gasteiger partial charge in [0.1, 0.15) is 0 Å². The summed E-state index contributed by atoms with van der Waals surface area (Å²) in [5.74, 6) is 1.11.